The van der Waals surface area contributed by atoms with Crippen LogP contribution in [0.5, 0.6) is 0 Å². The fourth-order valence-corrected chi connectivity index (χ4v) is 2.05. The molecule has 0 aliphatic rings. The monoisotopic (exact) mass is 361 g/mol. The van der Waals surface area contributed by atoms with E-state index < -0.39 is 0 Å². The largest absolute Gasteiger partial charge is 0.444 e. The van der Waals surface area contributed by atoms with Gasteiger partial charge in [-0.25, -0.2) is 0 Å². The molecule has 22 heavy (non-hydrogen) atoms. The van der Waals surface area contributed by atoms with Crippen LogP contribution in [0.1, 0.15) is 22.5 Å². The molecular formula is C15H12BrN3O3. The molecule has 6 nitrogen and oxygen atoms in total. The van der Waals surface area contributed by atoms with E-state index in [4.69, 9.17) is 9.68 Å². The number of halogens is 1. The van der Waals surface area contributed by atoms with Gasteiger partial charge in [0.05, 0.1) is 6.07 Å². The number of hydrogen-bond donors (Lipinski definition) is 2. The molecule has 1 aromatic carbocycles. The van der Waals surface area contributed by atoms with Crippen LogP contribution in [0.4, 0.5) is 5.69 Å². The molecule has 0 atom stereocenters. The van der Waals surface area contributed by atoms with Crippen LogP contribution in [-0.4, -0.2) is 11.8 Å². The molecular weight excluding hydrogens is 350 g/mol. The molecule has 0 radical (unpaired) electrons. The number of anilines is 1. The number of rotatable bonds is 5. The highest BCUT2D eigenvalue weighted by atomic mass is 79.9. The number of carbonyl (C=O) groups is 2. The second-order valence-corrected chi connectivity index (χ2v) is 5.11. The number of para-hydroxylation sites is 1. The molecule has 0 spiro atoms. The lowest BCUT2D eigenvalue weighted by Gasteiger charge is -2.10. The van der Waals surface area contributed by atoms with Gasteiger partial charge in [0.15, 0.2) is 10.4 Å². The molecule has 0 aliphatic heterocycles. The Morgan fingerprint density at radius 3 is 2.68 bits per heavy atom. The summed E-state index contributed by atoms with van der Waals surface area (Å²) in [7, 11) is 0. The average Bonchev–Trinajstić information content (AvgIpc) is 2.93. The SMILES string of the molecule is N#CCC(=O)NCc1ccccc1NC(=O)c1ccc(Br)o1. The minimum Gasteiger partial charge on any atom is -0.444 e. The molecule has 0 saturated carbocycles. The van der Waals surface area contributed by atoms with E-state index >= 15 is 0 Å². The molecule has 0 saturated heterocycles. The Labute approximate surface area is 135 Å². The van der Waals surface area contributed by atoms with Gasteiger partial charge >= 0.3 is 0 Å². The second kappa shape index (κ2) is 7.43. The second-order valence-electron chi connectivity index (χ2n) is 4.33. The summed E-state index contributed by atoms with van der Waals surface area (Å²) in [6.45, 7) is 0.221. The fraction of sp³-hybridized carbons (Fsp3) is 0.133. The van der Waals surface area contributed by atoms with Crippen LogP contribution in [0.3, 0.4) is 0 Å². The molecule has 0 unspecified atom stereocenters. The summed E-state index contributed by atoms with van der Waals surface area (Å²) in [5.74, 6) is -0.574. The van der Waals surface area contributed by atoms with Crippen LogP contribution in [0.25, 0.3) is 0 Å². The van der Waals surface area contributed by atoms with Gasteiger partial charge in [-0.3, -0.25) is 9.59 Å². The highest BCUT2D eigenvalue weighted by Gasteiger charge is 2.13. The van der Waals surface area contributed by atoms with Crippen LogP contribution < -0.4 is 10.6 Å². The van der Waals surface area contributed by atoms with Crippen molar-refractivity contribution in [2.24, 2.45) is 0 Å². The Kier molecular flexibility index (Phi) is 5.33. The van der Waals surface area contributed by atoms with Crippen molar-refractivity contribution in [2.45, 2.75) is 13.0 Å². The van der Waals surface area contributed by atoms with Gasteiger partial charge in [-0.1, -0.05) is 18.2 Å². The minimum absolute atomic E-state index is 0.176. The molecule has 2 amide bonds. The standard InChI is InChI=1S/C15H12BrN3O3/c16-13-6-5-12(22-13)15(21)19-11-4-2-1-3-10(11)9-18-14(20)7-8-17/h1-6H,7,9H2,(H,18,20)(H,19,21). The molecule has 1 heterocycles. The van der Waals surface area contributed by atoms with Gasteiger partial charge in [-0.05, 0) is 39.7 Å². The van der Waals surface area contributed by atoms with E-state index in [9.17, 15) is 9.59 Å². The Morgan fingerprint density at radius 2 is 2.00 bits per heavy atom. The van der Waals surface area contributed by atoms with Crippen molar-refractivity contribution in [1.82, 2.24) is 5.32 Å². The first-order valence-electron chi connectivity index (χ1n) is 6.38. The molecule has 0 bridgehead atoms. The zero-order valence-electron chi connectivity index (χ0n) is 11.4. The molecule has 7 heteroatoms. The summed E-state index contributed by atoms with van der Waals surface area (Å²) in [6.07, 6.45) is -0.199. The van der Waals surface area contributed by atoms with Crippen LogP contribution in [0.15, 0.2) is 45.5 Å². The van der Waals surface area contributed by atoms with Gasteiger partial charge in [0.2, 0.25) is 5.91 Å². The van der Waals surface area contributed by atoms with Crippen molar-refractivity contribution in [2.75, 3.05) is 5.32 Å². The van der Waals surface area contributed by atoms with E-state index in [0.29, 0.717) is 10.4 Å². The quantitative estimate of drug-likeness (QED) is 0.855. The molecule has 2 N–H and O–H groups in total. The number of nitriles is 1. The zero-order valence-corrected chi connectivity index (χ0v) is 13.0. The van der Waals surface area contributed by atoms with E-state index in [-0.39, 0.29) is 30.5 Å². The van der Waals surface area contributed by atoms with E-state index in [1.807, 2.05) is 0 Å². The number of amides is 2. The molecule has 0 fully saturated rings. The lowest BCUT2D eigenvalue weighted by atomic mass is 10.1. The van der Waals surface area contributed by atoms with E-state index in [0.717, 1.165) is 5.56 Å². The molecule has 112 valence electrons. The van der Waals surface area contributed by atoms with Crippen molar-refractivity contribution in [3.63, 3.8) is 0 Å². The smallest absolute Gasteiger partial charge is 0.291 e. The first-order valence-corrected chi connectivity index (χ1v) is 7.17. The van der Waals surface area contributed by atoms with Crippen molar-refractivity contribution in [3.05, 3.63) is 52.4 Å². The first kappa shape index (κ1) is 15.8. The Bertz CT molecular complexity index is 734. The predicted octanol–water partition coefficient (Wildman–Crippen LogP) is 2.82. The van der Waals surface area contributed by atoms with Gasteiger partial charge in [0.1, 0.15) is 6.42 Å². The topological polar surface area (TPSA) is 95.1 Å². The summed E-state index contributed by atoms with van der Waals surface area (Å²) in [6, 6.07) is 12.0. The maximum Gasteiger partial charge on any atom is 0.291 e. The van der Waals surface area contributed by atoms with Gasteiger partial charge < -0.3 is 15.1 Å². The number of nitrogens with zero attached hydrogens (tertiary/aromatic N) is 1. The average molecular weight is 362 g/mol. The zero-order chi connectivity index (χ0) is 15.9. The van der Waals surface area contributed by atoms with Crippen LogP contribution >= 0.6 is 15.9 Å². The van der Waals surface area contributed by atoms with Crippen LogP contribution in [0.2, 0.25) is 0 Å². The number of nitrogens with one attached hydrogen (secondary N) is 2. The summed E-state index contributed by atoms with van der Waals surface area (Å²) >= 11 is 3.14. The maximum atomic E-state index is 12.1. The van der Waals surface area contributed by atoms with E-state index in [1.54, 1.807) is 42.5 Å². The van der Waals surface area contributed by atoms with Crippen LogP contribution in [0, 0.1) is 11.3 Å². The maximum absolute atomic E-state index is 12.1. The number of carbonyl (C=O) groups excluding carboxylic acids is 2. The summed E-state index contributed by atoms with van der Waals surface area (Å²) in [4.78, 5) is 23.4. The molecule has 0 aliphatic carbocycles. The highest BCUT2D eigenvalue weighted by molar-refractivity contribution is 9.10. The predicted molar refractivity (Wildman–Crippen MR) is 82.9 cm³/mol. The normalized spacial score (nSPS) is 9.82. The number of benzene rings is 1. The lowest BCUT2D eigenvalue weighted by molar-refractivity contribution is -0.120. The third-order valence-electron chi connectivity index (χ3n) is 2.78. The van der Waals surface area contributed by atoms with Crippen molar-refractivity contribution < 1.29 is 14.0 Å². The van der Waals surface area contributed by atoms with E-state index in [1.165, 1.54) is 0 Å². The fourth-order valence-electron chi connectivity index (χ4n) is 1.74. The Morgan fingerprint density at radius 1 is 1.23 bits per heavy atom. The van der Waals surface area contributed by atoms with Gasteiger partial charge in [-0.15, -0.1) is 0 Å². The number of hydrogen-bond acceptors (Lipinski definition) is 4. The van der Waals surface area contributed by atoms with Crippen molar-refractivity contribution in [1.29, 1.82) is 5.26 Å². The van der Waals surface area contributed by atoms with Crippen molar-refractivity contribution >= 4 is 33.4 Å². The summed E-state index contributed by atoms with van der Waals surface area (Å²) in [5.41, 5.74) is 1.30. The Balaban J connectivity index is 2.06. The molecule has 2 aromatic rings. The molecule has 1 aromatic heterocycles. The van der Waals surface area contributed by atoms with Gasteiger partial charge in [0, 0.05) is 12.2 Å². The number of furan rings is 1. The van der Waals surface area contributed by atoms with Crippen molar-refractivity contribution in [3.8, 4) is 6.07 Å². The summed E-state index contributed by atoms with van der Waals surface area (Å²) < 4.78 is 5.65. The first-order chi connectivity index (χ1) is 10.6. The van der Waals surface area contributed by atoms with E-state index in [2.05, 4.69) is 26.6 Å². The highest BCUT2D eigenvalue weighted by Crippen LogP contribution is 2.18. The molecule has 2 rings (SSSR count). The van der Waals surface area contributed by atoms with Gasteiger partial charge in [0.25, 0.3) is 5.91 Å². The third kappa shape index (κ3) is 4.20. The minimum atomic E-state index is -0.387. The Hall–Kier alpha value is -2.59. The summed E-state index contributed by atoms with van der Waals surface area (Å²) in [5, 5.41) is 13.8. The lowest BCUT2D eigenvalue weighted by Crippen LogP contribution is -2.23. The third-order valence-corrected chi connectivity index (χ3v) is 3.20. The van der Waals surface area contributed by atoms with Crippen LogP contribution in [-0.2, 0) is 11.3 Å². The van der Waals surface area contributed by atoms with Gasteiger partial charge in [-0.2, -0.15) is 5.26 Å².